The zero-order valence-electron chi connectivity index (χ0n) is 26.5. The van der Waals surface area contributed by atoms with E-state index in [1.807, 2.05) is 30.3 Å². The van der Waals surface area contributed by atoms with Crippen LogP contribution in [0.4, 0.5) is 5.69 Å². The molecule has 1 rings (SSSR count). The van der Waals surface area contributed by atoms with Gasteiger partial charge in [0, 0.05) is 5.69 Å². The second-order valence-corrected chi connectivity index (χ2v) is 11.7. The minimum absolute atomic E-state index is 0.822. The predicted octanol–water partition coefficient (Wildman–Crippen LogP) is 12.0. The van der Waals surface area contributed by atoms with Gasteiger partial charge in [0.25, 0.3) is 0 Å². The van der Waals surface area contributed by atoms with Gasteiger partial charge in [-0.25, -0.2) is 0 Å². The molecular weight excluding hydrogens is 460 g/mol. The van der Waals surface area contributed by atoms with Crippen molar-refractivity contribution in [3.63, 3.8) is 0 Å². The van der Waals surface area contributed by atoms with Crippen molar-refractivity contribution in [2.24, 2.45) is 0 Å². The van der Waals surface area contributed by atoms with Crippen molar-refractivity contribution in [3.8, 4) is 0 Å². The van der Waals surface area contributed by atoms with Crippen LogP contribution in [-0.2, 0) is 0 Å². The van der Waals surface area contributed by atoms with Crippen LogP contribution in [0.1, 0.15) is 175 Å². The molecule has 38 heavy (non-hydrogen) atoms. The summed E-state index contributed by atoms with van der Waals surface area (Å²) in [5.74, 6) is 0. The predicted molar refractivity (Wildman–Crippen MR) is 175 cm³/mol. The molecule has 0 aliphatic heterocycles. The molecule has 2 heteroatoms. The monoisotopic (exact) mass is 531 g/mol. The third-order valence-corrected chi connectivity index (χ3v) is 7.78. The summed E-state index contributed by atoms with van der Waals surface area (Å²) in [6.45, 7) is 11.0. The van der Waals surface area contributed by atoms with Gasteiger partial charge in [0.05, 0.1) is 0 Å². The number of hydrogen-bond acceptors (Lipinski definition) is 2. The Kier molecular flexibility index (Phi) is 31.3. The molecule has 1 aromatic rings. The topological polar surface area (TPSA) is 29.3 Å². The molecule has 0 radical (unpaired) electrons. The lowest BCUT2D eigenvalue weighted by atomic mass is 10.1. The SMILES string of the molecule is CCCCCCCCCCN(CCCCCCCCCC)CCCCCCCCCC.Nc1ccccc1. The van der Waals surface area contributed by atoms with E-state index in [-0.39, 0.29) is 0 Å². The molecule has 0 heterocycles. The Morgan fingerprint density at radius 1 is 0.395 bits per heavy atom. The Morgan fingerprint density at radius 2 is 0.658 bits per heavy atom. The second-order valence-electron chi connectivity index (χ2n) is 11.7. The maximum atomic E-state index is 5.36. The molecule has 0 aliphatic rings. The third kappa shape index (κ3) is 29.5. The standard InChI is InChI=1S/C30H63N.C6H7N/c1-4-7-10-13-16-19-22-25-28-31(29-26-23-20-17-14-11-8-5-2)30-27-24-21-18-15-12-9-6-3;7-6-4-2-1-3-5-6/h4-30H2,1-3H3;1-5H,7H2. The molecule has 1 aromatic carbocycles. The lowest BCUT2D eigenvalue weighted by molar-refractivity contribution is 0.254. The van der Waals surface area contributed by atoms with Gasteiger partial charge in [0.2, 0.25) is 0 Å². The van der Waals surface area contributed by atoms with Gasteiger partial charge in [0.1, 0.15) is 0 Å². The van der Waals surface area contributed by atoms with Crippen LogP contribution >= 0.6 is 0 Å². The first-order valence-corrected chi connectivity index (χ1v) is 17.3. The van der Waals surface area contributed by atoms with Crippen LogP contribution < -0.4 is 5.73 Å². The minimum atomic E-state index is 0.822. The summed E-state index contributed by atoms with van der Waals surface area (Å²) >= 11 is 0. The number of hydrogen-bond donors (Lipinski definition) is 1. The zero-order chi connectivity index (χ0) is 27.8. The molecule has 0 spiro atoms. The first kappa shape index (κ1) is 37.0. The average Bonchev–Trinajstić information content (AvgIpc) is 2.93. The van der Waals surface area contributed by atoms with Gasteiger partial charge in [-0.2, -0.15) is 0 Å². The van der Waals surface area contributed by atoms with Gasteiger partial charge < -0.3 is 10.6 Å². The van der Waals surface area contributed by atoms with Crippen LogP contribution in [0.5, 0.6) is 0 Å². The number of nitrogens with zero attached hydrogens (tertiary/aromatic N) is 1. The van der Waals surface area contributed by atoms with Gasteiger partial charge in [-0.15, -0.1) is 0 Å². The number of nitrogens with two attached hydrogens (primary N) is 1. The maximum absolute atomic E-state index is 5.36. The number of para-hydroxylation sites is 1. The fourth-order valence-electron chi connectivity index (χ4n) is 5.20. The molecular formula is C36H70N2. The van der Waals surface area contributed by atoms with E-state index in [4.69, 9.17) is 5.73 Å². The molecule has 2 nitrogen and oxygen atoms in total. The Hall–Kier alpha value is -1.02. The number of rotatable bonds is 27. The molecule has 0 bridgehead atoms. The van der Waals surface area contributed by atoms with Gasteiger partial charge in [-0.1, -0.05) is 174 Å². The van der Waals surface area contributed by atoms with Crippen LogP contribution in [0.2, 0.25) is 0 Å². The summed E-state index contributed by atoms with van der Waals surface area (Å²) < 4.78 is 0. The number of unbranched alkanes of at least 4 members (excludes halogenated alkanes) is 21. The zero-order valence-corrected chi connectivity index (χ0v) is 26.5. The van der Waals surface area contributed by atoms with Crippen molar-refractivity contribution in [3.05, 3.63) is 30.3 Å². The lowest BCUT2D eigenvalue weighted by Gasteiger charge is -2.22. The Bertz CT molecular complexity index is 482. The van der Waals surface area contributed by atoms with Gasteiger partial charge in [-0.05, 0) is 51.0 Å². The second kappa shape index (κ2) is 32.2. The van der Waals surface area contributed by atoms with E-state index in [1.54, 1.807) is 0 Å². The van der Waals surface area contributed by atoms with E-state index in [0.29, 0.717) is 0 Å². The van der Waals surface area contributed by atoms with Crippen molar-refractivity contribution >= 4 is 5.69 Å². The fourth-order valence-corrected chi connectivity index (χ4v) is 5.20. The Labute approximate surface area is 240 Å². The molecule has 0 saturated heterocycles. The summed E-state index contributed by atoms with van der Waals surface area (Å²) in [7, 11) is 0. The molecule has 224 valence electrons. The van der Waals surface area contributed by atoms with Gasteiger partial charge in [0.15, 0.2) is 0 Å². The summed E-state index contributed by atoms with van der Waals surface area (Å²) in [4.78, 5) is 2.82. The first-order chi connectivity index (χ1) is 18.7. The highest BCUT2D eigenvalue weighted by Crippen LogP contribution is 2.13. The van der Waals surface area contributed by atoms with Crippen LogP contribution in [0, 0.1) is 0 Å². The summed E-state index contributed by atoms with van der Waals surface area (Å²) in [5, 5.41) is 0. The lowest BCUT2D eigenvalue weighted by Crippen LogP contribution is -2.27. The van der Waals surface area contributed by atoms with Crippen LogP contribution in [-0.4, -0.2) is 24.5 Å². The van der Waals surface area contributed by atoms with Crippen molar-refractivity contribution < 1.29 is 0 Å². The van der Waals surface area contributed by atoms with E-state index in [1.165, 1.54) is 174 Å². The molecule has 0 amide bonds. The highest BCUT2D eigenvalue weighted by atomic mass is 15.1. The summed E-state index contributed by atoms with van der Waals surface area (Å²) in [6.07, 6.45) is 34.6. The first-order valence-electron chi connectivity index (χ1n) is 17.3. The number of anilines is 1. The summed E-state index contributed by atoms with van der Waals surface area (Å²) in [5.41, 5.74) is 6.18. The van der Waals surface area contributed by atoms with Crippen molar-refractivity contribution in [2.45, 2.75) is 175 Å². The van der Waals surface area contributed by atoms with Crippen molar-refractivity contribution in [1.82, 2.24) is 4.90 Å². The molecule has 0 fully saturated rings. The largest absolute Gasteiger partial charge is 0.399 e. The van der Waals surface area contributed by atoms with E-state index >= 15 is 0 Å². The quantitative estimate of drug-likeness (QED) is 0.0905. The molecule has 0 aliphatic carbocycles. The van der Waals surface area contributed by atoms with Crippen LogP contribution in [0.25, 0.3) is 0 Å². The van der Waals surface area contributed by atoms with E-state index < -0.39 is 0 Å². The van der Waals surface area contributed by atoms with Crippen molar-refractivity contribution in [2.75, 3.05) is 25.4 Å². The Balaban J connectivity index is 0.00000167. The molecule has 2 N–H and O–H groups in total. The maximum Gasteiger partial charge on any atom is 0.0313 e. The van der Waals surface area contributed by atoms with Crippen LogP contribution in [0.3, 0.4) is 0 Å². The van der Waals surface area contributed by atoms with E-state index in [0.717, 1.165) is 5.69 Å². The molecule has 0 saturated carbocycles. The Morgan fingerprint density at radius 3 is 0.895 bits per heavy atom. The highest BCUT2D eigenvalue weighted by Gasteiger charge is 2.05. The molecule has 0 atom stereocenters. The normalized spacial score (nSPS) is 11.1. The molecule has 0 aromatic heterocycles. The fraction of sp³-hybridized carbons (Fsp3) is 0.833. The number of nitrogen functional groups attached to an aromatic ring is 1. The van der Waals surface area contributed by atoms with Crippen LogP contribution in [0.15, 0.2) is 30.3 Å². The van der Waals surface area contributed by atoms with Crippen molar-refractivity contribution in [1.29, 1.82) is 0 Å². The van der Waals surface area contributed by atoms with Gasteiger partial charge in [-0.3, -0.25) is 0 Å². The van der Waals surface area contributed by atoms with E-state index in [2.05, 4.69) is 25.7 Å². The summed E-state index contributed by atoms with van der Waals surface area (Å²) in [6, 6.07) is 9.49. The minimum Gasteiger partial charge on any atom is -0.399 e. The van der Waals surface area contributed by atoms with Gasteiger partial charge >= 0.3 is 0 Å². The number of benzene rings is 1. The van der Waals surface area contributed by atoms with E-state index in [9.17, 15) is 0 Å². The third-order valence-electron chi connectivity index (χ3n) is 7.78. The smallest absolute Gasteiger partial charge is 0.0313 e. The average molecular weight is 531 g/mol. The molecule has 0 unspecified atom stereocenters. The highest BCUT2D eigenvalue weighted by molar-refractivity contribution is 5.35.